The maximum absolute atomic E-state index is 13.4. The maximum atomic E-state index is 13.4. The average molecular weight is 402 g/mol. The minimum Gasteiger partial charge on any atom is -0.467 e. The van der Waals surface area contributed by atoms with E-state index >= 15 is 0 Å². The highest BCUT2D eigenvalue weighted by atomic mass is 32.1. The molecule has 0 N–H and O–H groups in total. The van der Waals surface area contributed by atoms with Gasteiger partial charge in [-0.1, -0.05) is 35.6 Å². The number of anilines is 1. The number of aromatic nitrogens is 1. The van der Waals surface area contributed by atoms with Crippen LogP contribution in [0.5, 0.6) is 0 Å². The van der Waals surface area contributed by atoms with Crippen molar-refractivity contribution in [2.45, 2.75) is 20.4 Å². The van der Waals surface area contributed by atoms with Crippen LogP contribution in [0.2, 0.25) is 0 Å². The van der Waals surface area contributed by atoms with E-state index in [0.717, 1.165) is 21.2 Å². The molecule has 0 spiro atoms. The Balaban J connectivity index is 1.61. The Labute approximate surface area is 171 Å². The zero-order valence-electron chi connectivity index (χ0n) is 16.0. The number of rotatable bonds is 4. The lowest BCUT2D eigenvalue weighted by atomic mass is 10.1. The SMILES string of the molecule is Cc1cc(C)c2nc(N(Cc3ccco3)C(=O)c3cc4ccccc4o3)sc2c1. The zero-order valence-corrected chi connectivity index (χ0v) is 16.8. The van der Waals surface area contributed by atoms with E-state index in [2.05, 4.69) is 19.1 Å². The second kappa shape index (κ2) is 6.90. The highest BCUT2D eigenvalue weighted by Gasteiger charge is 2.26. The number of fused-ring (bicyclic) bond motifs is 2. The van der Waals surface area contributed by atoms with Crippen LogP contribution in [0, 0.1) is 13.8 Å². The number of amides is 1. The predicted molar refractivity (Wildman–Crippen MR) is 115 cm³/mol. The van der Waals surface area contributed by atoms with E-state index in [-0.39, 0.29) is 18.2 Å². The lowest BCUT2D eigenvalue weighted by Gasteiger charge is -2.17. The number of carbonyl (C=O) groups excluding carboxylic acids is 1. The number of hydrogen-bond donors (Lipinski definition) is 0. The number of aryl methyl sites for hydroxylation is 2. The van der Waals surface area contributed by atoms with Gasteiger partial charge in [-0.25, -0.2) is 4.98 Å². The van der Waals surface area contributed by atoms with Crippen LogP contribution >= 0.6 is 11.3 Å². The molecule has 144 valence electrons. The summed E-state index contributed by atoms with van der Waals surface area (Å²) in [5.74, 6) is 0.720. The molecule has 0 saturated heterocycles. The van der Waals surface area contributed by atoms with Crippen molar-refractivity contribution in [1.82, 2.24) is 4.98 Å². The average Bonchev–Trinajstić information content (AvgIpc) is 3.44. The fourth-order valence-electron chi connectivity index (χ4n) is 3.48. The van der Waals surface area contributed by atoms with Gasteiger partial charge in [0.1, 0.15) is 11.3 Å². The van der Waals surface area contributed by atoms with Crippen LogP contribution in [0.25, 0.3) is 21.2 Å². The van der Waals surface area contributed by atoms with Crippen molar-refractivity contribution in [3.8, 4) is 0 Å². The summed E-state index contributed by atoms with van der Waals surface area (Å²) < 4.78 is 12.4. The van der Waals surface area contributed by atoms with Crippen molar-refractivity contribution in [2.24, 2.45) is 0 Å². The number of nitrogens with zero attached hydrogens (tertiary/aromatic N) is 2. The molecule has 29 heavy (non-hydrogen) atoms. The van der Waals surface area contributed by atoms with Gasteiger partial charge in [-0.05, 0) is 55.3 Å². The molecule has 3 aromatic heterocycles. The van der Waals surface area contributed by atoms with Gasteiger partial charge < -0.3 is 8.83 Å². The maximum Gasteiger partial charge on any atom is 0.296 e. The number of para-hydroxylation sites is 1. The van der Waals surface area contributed by atoms with Crippen LogP contribution in [0.4, 0.5) is 5.13 Å². The molecule has 0 aliphatic carbocycles. The van der Waals surface area contributed by atoms with Crippen molar-refractivity contribution >= 4 is 43.6 Å². The van der Waals surface area contributed by atoms with Gasteiger partial charge in [0, 0.05) is 5.39 Å². The van der Waals surface area contributed by atoms with Crippen molar-refractivity contribution in [1.29, 1.82) is 0 Å². The second-order valence-corrected chi connectivity index (χ2v) is 8.05. The van der Waals surface area contributed by atoms with E-state index in [1.54, 1.807) is 17.2 Å². The van der Waals surface area contributed by atoms with E-state index < -0.39 is 0 Å². The first-order chi connectivity index (χ1) is 14.1. The first-order valence-electron chi connectivity index (χ1n) is 9.29. The Bertz CT molecular complexity index is 1300. The minimum absolute atomic E-state index is 0.244. The highest BCUT2D eigenvalue weighted by Crippen LogP contribution is 2.34. The van der Waals surface area contributed by atoms with Crippen LogP contribution in [0.15, 0.2) is 69.7 Å². The fraction of sp³-hybridized carbons (Fsp3) is 0.130. The van der Waals surface area contributed by atoms with Crippen molar-refractivity contribution in [3.05, 3.63) is 83.5 Å². The first kappa shape index (κ1) is 17.7. The number of carbonyl (C=O) groups is 1. The summed E-state index contributed by atoms with van der Waals surface area (Å²) in [4.78, 5) is 19.8. The van der Waals surface area contributed by atoms with Gasteiger partial charge in [-0.15, -0.1) is 0 Å². The third kappa shape index (κ3) is 3.21. The molecule has 0 atom stereocenters. The van der Waals surface area contributed by atoms with Gasteiger partial charge in [0.2, 0.25) is 0 Å². The number of benzene rings is 2. The van der Waals surface area contributed by atoms with E-state index in [0.29, 0.717) is 16.5 Å². The van der Waals surface area contributed by atoms with Gasteiger partial charge in [0.05, 0.1) is 23.0 Å². The molecule has 5 nitrogen and oxygen atoms in total. The molecule has 0 saturated carbocycles. The molecule has 1 amide bonds. The topological polar surface area (TPSA) is 59.5 Å². The standard InChI is InChI=1S/C23H18N2O3S/c1-14-10-15(2)21-20(11-14)29-23(24-21)25(13-17-7-5-9-27-17)22(26)19-12-16-6-3-4-8-18(16)28-19/h3-12H,13H2,1-2H3. The molecule has 5 rings (SSSR count). The molecular weight excluding hydrogens is 384 g/mol. The van der Waals surface area contributed by atoms with E-state index in [1.165, 1.54) is 16.9 Å². The van der Waals surface area contributed by atoms with Gasteiger partial charge in [-0.2, -0.15) is 0 Å². The third-order valence-electron chi connectivity index (χ3n) is 4.82. The number of furan rings is 2. The number of thiazole rings is 1. The van der Waals surface area contributed by atoms with Crippen molar-refractivity contribution in [3.63, 3.8) is 0 Å². The molecular formula is C23H18N2O3S. The normalized spacial score (nSPS) is 11.4. The first-order valence-corrected chi connectivity index (χ1v) is 10.1. The lowest BCUT2D eigenvalue weighted by molar-refractivity contribution is 0.0958. The van der Waals surface area contributed by atoms with E-state index in [9.17, 15) is 4.79 Å². The van der Waals surface area contributed by atoms with Crippen LogP contribution in [-0.4, -0.2) is 10.9 Å². The summed E-state index contributed by atoms with van der Waals surface area (Å²) >= 11 is 1.50. The molecule has 0 aliphatic heterocycles. The summed E-state index contributed by atoms with van der Waals surface area (Å²) in [6.07, 6.45) is 1.60. The molecule has 5 aromatic rings. The zero-order chi connectivity index (χ0) is 20.0. The Kier molecular flexibility index (Phi) is 4.21. The lowest BCUT2D eigenvalue weighted by Crippen LogP contribution is -2.29. The van der Waals surface area contributed by atoms with Crippen molar-refractivity contribution < 1.29 is 13.6 Å². The van der Waals surface area contributed by atoms with Crippen LogP contribution in [0.1, 0.15) is 27.4 Å². The predicted octanol–water partition coefficient (Wildman–Crippen LogP) is 6.10. The van der Waals surface area contributed by atoms with Crippen LogP contribution in [-0.2, 0) is 6.54 Å². The van der Waals surface area contributed by atoms with Crippen LogP contribution < -0.4 is 4.90 Å². The second-order valence-electron chi connectivity index (χ2n) is 7.04. The molecule has 2 aromatic carbocycles. The molecule has 0 radical (unpaired) electrons. The van der Waals surface area contributed by atoms with E-state index in [4.69, 9.17) is 13.8 Å². The monoisotopic (exact) mass is 402 g/mol. The minimum atomic E-state index is -0.244. The van der Waals surface area contributed by atoms with Crippen LogP contribution in [0.3, 0.4) is 0 Å². The fourth-order valence-corrected chi connectivity index (χ4v) is 4.62. The molecule has 0 bridgehead atoms. The van der Waals surface area contributed by atoms with Gasteiger partial charge >= 0.3 is 0 Å². The Morgan fingerprint density at radius 2 is 1.97 bits per heavy atom. The molecule has 3 heterocycles. The highest BCUT2D eigenvalue weighted by molar-refractivity contribution is 7.22. The smallest absolute Gasteiger partial charge is 0.296 e. The molecule has 0 aliphatic rings. The van der Waals surface area contributed by atoms with E-state index in [1.807, 2.05) is 43.3 Å². The largest absolute Gasteiger partial charge is 0.467 e. The molecule has 6 heteroatoms. The molecule has 0 unspecified atom stereocenters. The van der Waals surface area contributed by atoms with Crippen molar-refractivity contribution in [2.75, 3.05) is 4.90 Å². The third-order valence-corrected chi connectivity index (χ3v) is 5.85. The Morgan fingerprint density at radius 1 is 1.10 bits per heavy atom. The van der Waals surface area contributed by atoms with Gasteiger partial charge in [0.15, 0.2) is 10.9 Å². The number of hydrogen-bond acceptors (Lipinski definition) is 5. The quantitative estimate of drug-likeness (QED) is 0.364. The Hall–Kier alpha value is -3.38. The van der Waals surface area contributed by atoms with Gasteiger partial charge in [-0.3, -0.25) is 9.69 Å². The summed E-state index contributed by atoms with van der Waals surface area (Å²) in [5.41, 5.74) is 3.87. The summed E-state index contributed by atoms with van der Waals surface area (Å²) in [6.45, 7) is 4.38. The summed E-state index contributed by atoms with van der Waals surface area (Å²) in [5, 5.41) is 1.51. The summed E-state index contributed by atoms with van der Waals surface area (Å²) in [7, 11) is 0. The summed E-state index contributed by atoms with van der Waals surface area (Å²) in [6, 6.07) is 17.2. The van der Waals surface area contributed by atoms with Gasteiger partial charge in [0.25, 0.3) is 5.91 Å². The Morgan fingerprint density at radius 3 is 2.76 bits per heavy atom. The molecule has 0 fully saturated rings.